The van der Waals surface area contributed by atoms with Crippen LogP contribution < -0.4 is 4.90 Å². The predicted octanol–water partition coefficient (Wildman–Crippen LogP) is 4.19. The first kappa shape index (κ1) is 18.8. The topological polar surface area (TPSA) is 64.2 Å². The van der Waals surface area contributed by atoms with Gasteiger partial charge in [-0.1, -0.05) is 41.6 Å². The number of piperidine rings is 1. The lowest BCUT2D eigenvalue weighted by atomic mass is 10.1. The number of Topliss-reactive ketones (excluding diaryl/α,β-unsaturated/α-hetero) is 1. The third-order valence-electron chi connectivity index (χ3n) is 4.94. The van der Waals surface area contributed by atoms with Gasteiger partial charge >= 0.3 is 0 Å². The van der Waals surface area contributed by atoms with Crippen LogP contribution in [0.25, 0.3) is 0 Å². The summed E-state index contributed by atoms with van der Waals surface area (Å²) in [5.74, 6) is 2.14. The molecule has 0 atom stereocenters. The van der Waals surface area contributed by atoms with Gasteiger partial charge < -0.3 is 9.32 Å². The molecule has 0 aliphatic carbocycles. The van der Waals surface area contributed by atoms with Gasteiger partial charge in [-0.3, -0.25) is 9.36 Å². The van der Waals surface area contributed by atoms with Gasteiger partial charge in [0.15, 0.2) is 10.9 Å². The van der Waals surface area contributed by atoms with E-state index < -0.39 is 0 Å². The predicted molar refractivity (Wildman–Crippen MR) is 110 cm³/mol. The van der Waals surface area contributed by atoms with Crippen LogP contribution in [0.3, 0.4) is 0 Å². The minimum Gasteiger partial charge on any atom is -0.467 e. The van der Waals surface area contributed by atoms with Crippen LogP contribution >= 0.6 is 11.8 Å². The fourth-order valence-corrected chi connectivity index (χ4v) is 4.19. The SMILES string of the molecule is Cc1ccc(C(=O)CSc2nnc(N3CCCCC3)n2Cc2ccco2)cc1. The van der Waals surface area contributed by atoms with Gasteiger partial charge in [-0.25, -0.2) is 0 Å². The zero-order valence-electron chi connectivity index (χ0n) is 16.0. The van der Waals surface area contributed by atoms with Crippen LogP contribution in [0.1, 0.15) is 40.9 Å². The highest BCUT2D eigenvalue weighted by molar-refractivity contribution is 7.99. The highest BCUT2D eigenvalue weighted by Gasteiger charge is 2.22. The number of ketones is 1. The van der Waals surface area contributed by atoms with Crippen molar-refractivity contribution in [2.75, 3.05) is 23.7 Å². The van der Waals surface area contributed by atoms with Gasteiger partial charge in [0.1, 0.15) is 5.76 Å². The highest BCUT2D eigenvalue weighted by atomic mass is 32.2. The number of benzene rings is 1. The van der Waals surface area contributed by atoms with Crippen LogP contribution in [0.4, 0.5) is 5.95 Å². The van der Waals surface area contributed by atoms with Crippen molar-refractivity contribution in [2.45, 2.75) is 37.9 Å². The van der Waals surface area contributed by atoms with Gasteiger partial charge in [0, 0.05) is 18.7 Å². The van der Waals surface area contributed by atoms with Crippen molar-refractivity contribution in [1.82, 2.24) is 14.8 Å². The molecule has 28 heavy (non-hydrogen) atoms. The van der Waals surface area contributed by atoms with Crippen molar-refractivity contribution in [3.8, 4) is 0 Å². The number of nitrogens with zero attached hydrogens (tertiary/aromatic N) is 4. The lowest BCUT2D eigenvalue weighted by molar-refractivity contribution is 0.102. The lowest BCUT2D eigenvalue weighted by Crippen LogP contribution is -2.32. The van der Waals surface area contributed by atoms with Crippen molar-refractivity contribution < 1.29 is 9.21 Å². The Kier molecular flexibility index (Phi) is 5.81. The first-order valence-electron chi connectivity index (χ1n) is 9.64. The number of carbonyl (C=O) groups is 1. The number of aryl methyl sites for hydroxylation is 1. The molecule has 2 aromatic heterocycles. The minimum absolute atomic E-state index is 0.0945. The molecule has 0 unspecified atom stereocenters. The van der Waals surface area contributed by atoms with Crippen molar-refractivity contribution >= 4 is 23.5 Å². The molecule has 0 bridgehead atoms. The van der Waals surface area contributed by atoms with Crippen molar-refractivity contribution in [3.05, 3.63) is 59.5 Å². The van der Waals surface area contributed by atoms with Gasteiger partial charge in [0.25, 0.3) is 0 Å². The molecule has 1 fully saturated rings. The summed E-state index contributed by atoms with van der Waals surface area (Å²) >= 11 is 1.43. The largest absolute Gasteiger partial charge is 0.467 e. The van der Waals surface area contributed by atoms with Gasteiger partial charge in [0.2, 0.25) is 5.95 Å². The van der Waals surface area contributed by atoms with Crippen LogP contribution in [0.2, 0.25) is 0 Å². The van der Waals surface area contributed by atoms with E-state index >= 15 is 0 Å². The summed E-state index contributed by atoms with van der Waals surface area (Å²) in [4.78, 5) is 14.8. The average molecular weight is 397 g/mol. The number of rotatable bonds is 7. The van der Waals surface area contributed by atoms with E-state index in [1.807, 2.05) is 43.3 Å². The second kappa shape index (κ2) is 8.65. The molecule has 0 radical (unpaired) electrons. The number of carbonyl (C=O) groups excluding carboxylic acids is 1. The number of hydrogen-bond acceptors (Lipinski definition) is 6. The molecule has 4 rings (SSSR count). The molecule has 1 aliphatic heterocycles. The smallest absolute Gasteiger partial charge is 0.228 e. The van der Waals surface area contributed by atoms with Gasteiger partial charge in [-0.05, 0) is 38.3 Å². The number of aromatic nitrogens is 3. The summed E-state index contributed by atoms with van der Waals surface area (Å²) < 4.78 is 7.61. The monoisotopic (exact) mass is 396 g/mol. The second-order valence-corrected chi connectivity index (χ2v) is 8.02. The Hall–Kier alpha value is -2.54. The summed E-state index contributed by atoms with van der Waals surface area (Å²) in [5.41, 5.74) is 1.88. The van der Waals surface area contributed by atoms with Gasteiger partial charge in [-0.15, -0.1) is 10.2 Å². The maximum absolute atomic E-state index is 12.6. The van der Waals surface area contributed by atoms with Crippen LogP contribution in [0.5, 0.6) is 0 Å². The Labute approximate surface area is 168 Å². The molecular formula is C21H24N4O2S. The summed E-state index contributed by atoms with van der Waals surface area (Å²) in [5, 5.41) is 9.59. The minimum atomic E-state index is 0.0945. The molecule has 146 valence electrons. The third-order valence-corrected chi connectivity index (χ3v) is 5.90. The van der Waals surface area contributed by atoms with Crippen LogP contribution in [-0.2, 0) is 6.54 Å². The Morgan fingerprint density at radius 2 is 1.89 bits per heavy atom. The summed E-state index contributed by atoms with van der Waals surface area (Å²) in [6.45, 7) is 4.56. The quantitative estimate of drug-likeness (QED) is 0.441. The Morgan fingerprint density at radius 1 is 1.11 bits per heavy atom. The van der Waals surface area contributed by atoms with Crippen molar-refractivity contribution in [2.24, 2.45) is 0 Å². The fourth-order valence-electron chi connectivity index (χ4n) is 3.37. The number of thioether (sulfide) groups is 1. The van der Waals surface area contributed by atoms with Crippen molar-refractivity contribution in [3.63, 3.8) is 0 Å². The van der Waals surface area contributed by atoms with Crippen LogP contribution in [-0.4, -0.2) is 39.4 Å². The zero-order chi connectivity index (χ0) is 19.3. The Bertz CT molecular complexity index is 913. The third kappa shape index (κ3) is 4.30. The van der Waals surface area contributed by atoms with E-state index in [9.17, 15) is 4.79 Å². The molecule has 1 aliphatic rings. The maximum Gasteiger partial charge on any atom is 0.228 e. The van der Waals surface area contributed by atoms with Crippen molar-refractivity contribution in [1.29, 1.82) is 0 Å². The number of furan rings is 1. The van der Waals surface area contributed by atoms with E-state index in [0.717, 1.165) is 41.1 Å². The Balaban J connectivity index is 1.52. The lowest BCUT2D eigenvalue weighted by Gasteiger charge is -2.27. The van der Waals surface area contributed by atoms with E-state index in [-0.39, 0.29) is 5.78 Å². The van der Waals surface area contributed by atoms with E-state index in [0.29, 0.717) is 12.3 Å². The molecule has 1 aromatic carbocycles. The van der Waals surface area contributed by atoms with E-state index in [2.05, 4.69) is 19.7 Å². The molecule has 0 amide bonds. The summed E-state index contributed by atoms with van der Waals surface area (Å²) in [6, 6.07) is 11.5. The first-order chi connectivity index (χ1) is 13.7. The molecule has 3 aromatic rings. The average Bonchev–Trinajstić information content (AvgIpc) is 3.38. The molecule has 0 saturated carbocycles. The maximum atomic E-state index is 12.6. The normalized spacial score (nSPS) is 14.4. The standard InChI is InChI=1S/C21H24N4O2S/c1-16-7-9-17(10-8-16)19(26)15-28-21-23-22-20(24-11-3-2-4-12-24)25(21)14-18-6-5-13-27-18/h5-10,13H,2-4,11-12,14-15H2,1H3. The molecule has 3 heterocycles. The molecule has 1 saturated heterocycles. The molecule has 6 nitrogen and oxygen atoms in total. The molecule has 0 spiro atoms. The van der Waals surface area contributed by atoms with Crippen LogP contribution in [0, 0.1) is 6.92 Å². The second-order valence-electron chi connectivity index (χ2n) is 7.07. The van der Waals surface area contributed by atoms with E-state index in [4.69, 9.17) is 4.42 Å². The van der Waals surface area contributed by atoms with Gasteiger partial charge in [-0.2, -0.15) is 0 Å². The zero-order valence-corrected chi connectivity index (χ0v) is 16.8. The van der Waals surface area contributed by atoms with Gasteiger partial charge in [0.05, 0.1) is 18.6 Å². The molecular weight excluding hydrogens is 372 g/mol. The fraction of sp³-hybridized carbons (Fsp3) is 0.381. The van der Waals surface area contributed by atoms with Crippen LogP contribution in [0.15, 0.2) is 52.2 Å². The number of hydrogen-bond donors (Lipinski definition) is 0. The van der Waals surface area contributed by atoms with E-state index in [1.54, 1.807) is 6.26 Å². The first-order valence-corrected chi connectivity index (χ1v) is 10.6. The summed E-state index contributed by atoms with van der Waals surface area (Å²) in [7, 11) is 0. The Morgan fingerprint density at radius 3 is 2.61 bits per heavy atom. The molecule has 0 N–H and O–H groups in total. The molecule has 7 heteroatoms. The summed E-state index contributed by atoms with van der Waals surface area (Å²) in [6.07, 6.45) is 5.27. The van der Waals surface area contributed by atoms with E-state index in [1.165, 1.54) is 31.0 Å². The highest BCUT2D eigenvalue weighted by Crippen LogP contribution is 2.26. The number of anilines is 1.